The highest BCUT2D eigenvalue weighted by Gasteiger charge is 2.35. The van der Waals surface area contributed by atoms with E-state index in [-0.39, 0.29) is 18.4 Å². The lowest BCUT2D eigenvalue weighted by Gasteiger charge is -2.25. The second-order valence-electron chi connectivity index (χ2n) is 4.18. The van der Waals surface area contributed by atoms with E-state index in [1.807, 2.05) is 19.1 Å². The van der Waals surface area contributed by atoms with Crippen molar-refractivity contribution in [2.45, 2.75) is 25.8 Å². The normalized spacial score (nSPS) is 18.3. The zero-order valence-electron chi connectivity index (χ0n) is 9.68. The van der Waals surface area contributed by atoms with Crippen LogP contribution in [0.1, 0.15) is 41.7 Å². The zero-order valence-corrected chi connectivity index (χ0v) is 9.68. The number of carboxylic acid groups (broad SMARTS) is 1. The zero-order chi connectivity index (χ0) is 12.4. The molecule has 1 atom stereocenters. The third-order valence-corrected chi connectivity index (χ3v) is 3.01. The van der Waals surface area contributed by atoms with Gasteiger partial charge in [0.1, 0.15) is 0 Å². The average Bonchev–Trinajstić information content (AvgIpc) is 2.55. The highest BCUT2D eigenvalue weighted by Crippen LogP contribution is 2.35. The molecule has 4 nitrogen and oxygen atoms in total. The van der Waals surface area contributed by atoms with Gasteiger partial charge in [0.2, 0.25) is 0 Å². The van der Waals surface area contributed by atoms with Crippen molar-refractivity contribution in [2.75, 3.05) is 6.54 Å². The van der Waals surface area contributed by atoms with Gasteiger partial charge in [-0.3, -0.25) is 4.79 Å². The van der Waals surface area contributed by atoms with Crippen molar-refractivity contribution in [3.05, 3.63) is 35.4 Å². The van der Waals surface area contributed by atoms with E-state index >= 15 is 0 Å². The predicted molar refractivity (Wildman–Crippen MR) is 60.1 cm³/mol. The number of hydrogen-bond donors (Lipinski definition) is 0. The van der Waals surface area contributed by atoms with Crippen molar-refractivity contribution < 1.29 is 14.7 Å². The average molecular weight is 232 g/mol. The standard InChI is InChI=1S/C13H15NO3/c1-2-7-14-11(8-12(15)16)9-5-3-4-6-10(9)13(14)17/h3-6,11H,2,7-8H2,1H3,(H,15,16)/p-1. The van der Waals surface area contributed by atoms with Crippen molar-refractivity contribution in [1.29, 1.82) is 0 Å². The number of aliphatic carboxylic acids is 1. The third kappa shape index (κ3) is 2.02. The third-order valence-electron chi connectivity index (χ3n) is 3.01. The molecule has 0 bridgehead atoms. The summed E-state index contributed by atoms with van der Waals surface area (Å²) < 4.78 is 0. The van der Waals surface area contributed by atoms with Crippen LogP contribution in [-0.2, 0) is 4.79 Å². The first-order chi connectivity index (χ1) is 8.15. The Labute approximate surface area is 99.9 Å². The van der Waals surface area contributed by atoms with Gasteiger partial charge in [-0.05, 0) is 18.1 Å². The summed E-state index contributed by atoms with van der Waals surface area (Å²) >= 11 is 0. The minimum atomic E-state index is -1.12. The molecule has 1 amide bonds. The Morgan fingerprint density at radius 2 is 2.12 bits per heavy atom. The molecular formula is C13H14NO3-. The first-order valence-electron chi connectivity index (χ1n) is 5.75. The van der Waals surface area contributed by atoms with Crippen LogP contribution in [0, 0.1) is 0 Å². The van der Waals surface area contributed by atoms with Crippen LogP contribution in [0.25, 0.3) is 0 Å². The number of rotatable bonds is 4. The lowest BCUT2D eigenvalue weighted by molar-refractivity contribution is -0.306. The molecule has 1 unspecified atom stereocenters. The van der Waals surface area contributed by atoms with Gasteiger partial charge in [-0.2, -0.15) is 0 Å². The Bertz CT molecular complexity index is 456. The van der Waals surface area contributed by atoms with E-state index < -0.39 is 5.97 Å². The summed E-state index contributed by atoms with van der Waals surface area (Å²) in [6.45, 7) is 2.54. The van der Waals surface area contributed by atoms with Crippen molar-refractivity contribution in [1.82, 2.24) is 4.90 Å². The van der Waals surface area contributed by atoms with Crippen molar-refractivity contribution in [2.24, 2.45) is 0 Å². The topological polar surface area (TPSA) is 60.4 Å². The summed E-state index contributed by atoms with van der Waals surface area (Å²) in [5, 5.41) is 10.8. The molecule has 17 heavy (non-hydrogen) atoms. The number of benzene rings is 1. The maximum atomic E-state index is 12.1. The second kappa shape index (κ2) is 4.57. The van der Waals surface area contributed by atoms with Crippen LogP contribution >= 0.6 is 0 Å². The molecule has 0 aliphatic carbocycles. The van der Waals surface area contributed by atoms with Crippen LogP contribution in [0.3, 0.4) is 0 Å². The quantitative estimate of drug-likeness (QED) is 0.769. The summed E-state index contributed by atoms with van der Waals surface area (Å²) in [7, 11) is 0. The molecule has 0 saturated carbocycles. The van der Waals surface area contributed by atoms with Crippen LogP contribution in [0.15, 0.2) is 24.3 Å². The van der Waals surface area contributed by atoms with E-state index in [2.05, 4.69) is 0 Å². The molecule has 1 heterocycles. The van der Waals surface area contributed by atoms with E-state index in [9.17, 15) is 14.7 Å². The van der Waals surface area contributed by atoms with Gasteiger partial charge in [-0.15, -0.1) is 0 Å². The molecule has 0 fully saturated rings. The predicted octanol–water partition coefficient (Wildman–Crippen LogP) is 0.733. The number of carbonyl (C=O) groups is 2. The Morgan fingerprint density at radius 1 is 1.41 bits per heavy atom. The number of hydrogen-bond acceptors (Lipinski definition) is 3. The second-order valence-corrected chi connectivity index (χ2v) is 4.18. The number of fused-ring (bicyclic) bond motifs is 1. The van der Waals surface area contributed by atoms with Gasteiger partial charge >= 0.3 is 0 Å². The van der Waals surface area contributed by atoms with Crippen molar-refractivity contribution in [3.8, 4) is 0 Å². The molecule has 4 heteroatoms. The largest absolute Gasteiger partial charge is 0.550 e. The lowest BCUT2D eigenvalue weighted by Crippen LogP contribution is -2.33. The van der Waals surface area contributed by atoms with Gasteiger partial charge < -0.3 is 14.8 Å². The summed E-state index contributed by atoms with van der Waals surface area (Å²) in [4.78, 5) is 24.5. The van der Waals surface area contributed by atoms with Crippen LogP contribution in [0.5, 0.6) is 0 Å². The number of amides is 1. The van der Waals surface area contributed by atoms with Crippen molar-refractivity contribution >= 4 is 11.9 Å². The van der Waals surface area contributed by atoms with Crippen molar-refractivity contribution in [3.63, 3.8) is 0 Å². The highest BCUT2D eigenvalue weighted by atomic mass is 16.4. The molecule has 1 aromatic rings. The molecule has 90 valence electrons. The Kier molecular flexibility index (Phi) is 3.13. The van der Waals surface area contributed by atoms with Gasteiger partial charge in [0.15, 0.2) is 0 Å². The van der Waals surface area contributed by atoms with E-state index in [0.29, 0.717) is 12.1 Å². The first kappa shape index (κ1) is 11.6. The maximum absolute atomic E-state index is 12.1. The van der Waals surface area contributed by atoms with E-state index in [1.165, 1.54) is 0 Å². The molecular weight excluding hydrogens is 218 g/mol. The fraction of sp³-hybridized carbons (Fsp3) is 0.385. The monoisotopic (exact) mass is 232 g/mol. The summed E-state index contributed by atoms with van der Waals surface area (Å²) in [5.74, 6) is -1.20. The van der Waals surface area contributed by atoms with Gasteiger partial charge in [0, 0.05) is 24.5 Å². The summed E-state index contributed by atoms with van der Waals surface area (Å²) in [6, 6.07) is 6.81. The van der Waals surface area contributed by atoms with E-state index in [1.54, 1.807) is 17.0 Å². The number of nitrogens with zero attached hydrogens (tertiary/aromatic N) is 1. The maximum Gasteiger partial charge on any atom is 0.254 e. The molecule has 0 aromatic heterocycles. The lowest BCUT2D eigenvalue weighted by atomic mass is 10.0. The van der Waals surface area contributed by atoms with Gasteiger partial charge in [-0.1, -0.05) is 25.1 Å². The van der Waals surface area contributed by atoms with Gasteiger partial charge in [-0.25, -0.2) is 0 Å². The fourth-order valence-corrected chi connectivity index (χ4v) is 2.32. The molecule has 1 aliphatic heterocycles. The fourth-order valence-electron chi connectivity index (χ4n) is 2.32. The van der Waals surface area contributed by atoms with Crippen LogP contribution in [-0.4, -0.2) is 23.3 Å². The number of carboxylic acids is 1. The van der Waals surface area contributed by atoms with E-state index in [4.69, 9.17) is 0 Å². The van der Waals surface area contributed by atoms with Crippen LogP contribution in [0.4, 0.5) is 0 Å². The minimum absolute atomic E-state index is 0.0753. The van der Waals surface area contributed by atoms with E-state index in [0.717, 1.165) is 12.0 Å². The summed E-state index contributed by atoms with van der Waals surface area (Å²) in [6.07, 6.45) is 0.673. The smallest absolute Gasteiger partial charge is 0.254 e. The Balaban J connectivity index is 2.38. The molecule has 1 aromatic carbocycles. The minimum Gasteiger partial charge on any atom is -0.550 e. The SMILES string of the molecule is CCCN1C(=O)c2ccccc2C1CC(=O)[O-]. The molecule has 1 aliphatic rings. The highest BCUT2D eigenvalue weighted by molar-refractivity contribution is 5.99. The summed E-state index contributed by atoms with van der Waals surface area (Å²) in [5.41, 5.74) is 1.42. The first-order valence-corrected chi connectivity index (χ1v) is 5.75. The molecule has 0 spiro atoms. The Hall–Kier alpha value is -1.84. The van der Waals surface area contributed by atoms with Gasteiger partial charge in [0.25, 0.3) is 5.91 Å². The van der Waals surface area contributed by atoms with Gasteiger partial charge in [0.05, 0.1) is 6.04 Å². The Morgan fingerprint density at radius 3 is 2.76 bits per heavy atom. The molecule has 0 N–H and O–H groups in total. The molecule has 2 rings (SSSR count). The van der Waals surface area contributed by atoms with Crippen LogP contribution in [0.2, 0.25) is 0 Å². The number of carbonyl (C=O) groups excluding carboxylic acids is 2. The van der Waals surface area contributed by atoms with Crippen LogP contribution < -0.4 is 5.11 Å². The molecule has 0 saturated heterocycles. The molecule has 0 radical (unpaired) electrons.